The highest BCUT2D eigenvalue weighted by molar-refractivity contribution is 7.16. The van der Waals surface area contributed by atoms with Crippen LogP contribution in [0.2, 0.25) is 0 Å². The fourth-order valence-corrected chi connectivity index (χ4v) is 2.55. The van der Waals surface area contributed by atoms with Gasteiger partial charge in [-0.1, -0.05) is 18.3 Å². The Morgan fingerprint density at radius 1 is 1.50 bits per heavy atom. The molecule has 0 aromatic carbocycles. The Labute approximate surface area is 97.4 Å². The Morgan fingerprint density at radius 2 is 2.31 bits per heavy atom. The van der Waals surface area contributed by atoms with Gasteiger partial charge in [-0.2, -0.15) is 9.61 Å². The first-order chi connectivity index (χ1) is 7.80. The fourth-order valence-electron chi connectivity index (χ4n) is 1.50. The number of nitrogens with two attached hydrogens (primary N) is 1. The second-order valence-corrected chi connectivity index (χ2v) is 4.51. The topological polar surface area (TPSA) is 78.3 Å². The first-order valence-electron chi connectivity index (χ1n) is 5.20. The molecule has 0 aliphatic heterocycles. The minimum absolute atomic E-state index is 0.307. The van der Waals surface area contributed by atoms with Crippen molar-refractivity contribution < 1.29 is 4.74 Å². The molecule has 0 aliphatic carbocycles. The van der Waals surface area contributed by atoms with E-state index in [4.69, 9.17) is 10.5 Å². The van der Waals surface area contributed by atoms with Crippen molar-refractivity contribution in [1.29, 1.82) is 0 Å². The van der Waals surface area contributed by atoms with E-state index in [1.807, 2.05) is 0 Å². The molecule has 0 aliphatic rings. The van der Waals surface area contributed by atoms with E-state index in [1.54, 1.807) is 23.0 Å². The molecule has 16 heavy (non-hydrogen) atoms. The molecule has 2 aromatic rings. The monoisotopic (exact) mass is 241 g/mol. The van der Waals surface area contributed by atoms with Gasteiger partial charge in [0.1, 0.15) is 11.6 Å². The van der Waals surface area contributed by atoms with Crippen molar-refractivity contribution in [2.45, 2.75) is 25.9 Å². The number of ether oxygens (including phenoxy) is 1. The lowest BCUT2D eigenvalue weighted by Gasteiger charge is -2.06. The van der Waals surface area contributed by atoms with Crippen LogP contribution in [0.25, 0.3) is 4.96 Å². The maximum atomic E-state index is 5.70. The van der Waals surface area contributed by atoms with E-state index in [9.17, 15) is 0 Å². The van der Waals surface area contributed by atoms with E-state index >= 15 is 0 Å². The van der Waals surface area contributed by atoms with Crippen molar-refractivity contribution in [2.24, 2.45) is 5.73 Å². The Kier molecular flexibility index (Phi) is 3.47. The molecule has 0 saturated carbocycles. The van der Waals surface area contributed by atoms with Crippen LogP contribution < -0.4 is 5.73 Å². The fraction of sp³-hybridized carbons (Fsp3) is 0.667. The van der Waals surface area contributed by atoms with E-state index in [1.165, 1.54) is 0 Å². The molecular weight excluding hydrogens is 226 g/mol. The number of fused-ring (bicyclic) bond motifs is 1. The number of hydrogen-bond acceptors (Lipinski definition) is 6. The highest BCUT2D eigenvalue weighted by Gasteiger charge is 2.16. The van der Waals surface area contributed by atoms with Crippen molar-refractivity contribution in [3.63, 3.8) is 0 Å². The third-order valence-corrected chi connectivity index (χ3v) is 3.53. The molecule has 0 saturated heterocycles. The van der Waals surface area contributed by atoms with Gasteiger partial charge in [-0.15, -0.1) is 10.2 Å². The van der Waals surface area contributed by atoms with Crippen LogP contribution in [0.4, 0.5) is 0 Å². The Morgan fingerprint density at radius 3 is 2.94 bits per heavy atom. The summed E-state index contributed by atoms with van der Waals surface area (Å²) in [6.45, 7) is 3.14. The third-order valence-electron chi connectivity index (χ3n) is 2.47. The molecule has 0 bridgehead atoms. The normalized spacial score (nSPS) is 13.4. The van der Waals surface area contributed by atoms with Crippen LogP contribution in [0.15, 0.2) is 0 Å². The van der Waals surface area contributed by atoms with Crippen LogP contribution in [-0.4, -0.2) is 33.5 Å². The lowest BCUT2D eigenvalue weighted by molar-refractivity contribution is 0.176. The zero-order chi connectivity index (χ0) is 11.5. The van der Waals surface area contributed by atoms with Crippen molar-refractivity contribution in [2.75, 3.05) is 13.7 Å². The lowest BCUT2D eigenvalue weighted by atomic mass is 10.1. The molecule has 2 heterocycles. The van der Waals surface area contributed by atoms with Gasteiger partial charge in [0.15, 0.2) is 5.82 Å². The van der Waals surface area contributed by atoms with Crippen LogP contribution in [0.5, 0.6) is 0 Å². The van der Waals surface area contributed by atoms with Gasteiger partial charge in [-0.05, 0) is 6.42 Å². The predicted molar refractivity (Wildman–Crippen MR) is 61.5 cm³/mol. The predicted octanol–water partition coefficient (Wildman–Crippen LogP) is 0.784. The zero-order valence-corrected chi connectivity index (χ0v) is 10.2. The van der Waals surface area contributed by atoms with Crippen molar-refractivity contribution >= 4 is 16.3 Å². The van der Waals surface area contributed by atoms with E-state index in [0.717, 1.165) is 22.2 Å². The van der Waals surface area contributed by atoms with Crippen LogP contribution in [0.1, 0.15) is 30.1 Å². The molecule has 6 nitrogen and oxygen atoms in total. The standard InChI is InChI=1S/C9H15N5OS/c1-3-6(4-10)8-13-14-7(5-15-2)11-12-9(14)16-8/h6H,3-5,10H2,1-2H3. The summed E-state index contributed by atoms with van der Waals surface area (Å²) in [4.78, 5) is 0.800. The van der Waals surface area contributed by atoms with Gasteiger partial charge in [-0.25, -0.2) is 0 Å². The van der Waals surface area contributed by atoms with Gasteiger partial charge >= 0.3 is 0 Å². The molecule has 0 fully saturated rings. The molecule has 7 heteroatoms. The Balaban J connectivity index is 2.36. The maximum absolute atomic E-state index is 5.70. The average molecular weight is 241 g/mol. The van der Waals surface area contributed by atoms with Crippen molar-refractivity contribution in [3.8, 4) is 0 Å². The van der Waals surface area contributed by atoms with Crippen LogP contribution >= 0.6 is 11.3 Å². The minimum atomic E-state index is 0.307. The molecule has 0 amide bonds. The lowest BCUT2D eigenvalue weighted by Crippen LogP contribution is -2.11. The molecule has 0 spiro atoms. The van der Waals surface area contributed by atoms with Crippen LogP contribution in [-0.2, 0) is 11.3 Å². The van der Waals surface area contributed by atoms with E-state index in [-0.39, 0.29) is 0 Å². The van der Waals surface area contributed by atoms with Crippen LogP contribution in [0.3, 0.4) is 0 Å². The summed E-state index contributed by atoms with van der Waals surface area (Å²) in [6.07, 6.45) is 0.986. The van der Waals surface area contributed by atoms with Gasteiger partial charge in [0.05, 0.1) is 0 Å². The smallest absolute Gasteiger partial charge is 0.234 e. The van der Waals surface area contributed by atoms with Crippen molar-refractivity contribution in [1.82, 2.24) is 19.8 Å². The Hall–Kier alpha value is -1.05. The number of aromatic nitrogens is 4. The quantitative estimate of drug-likeness (QED) is 0.837. The minimum Gasteiger partial charge on any atom is -0.377 e. The highest BCUT2D eigenvalue weighted by atomic mass is 32.1. The van der Waals surface area contributed by atoms with Gasteiger partial charge in [-0.3, -0.25) is 0 Å². The summed E-state index contributed by atoms with van der Waals surface area (Å²) >= 11 is 1.54. The Bertz CT molecular complexity index is 461. The molecule has 1 unspecified atom stereocenters. The summed E-state index contributed by atoms with van der Waals surface area (Å²) < 4.78 is 6.77. The maximum Gasteiger partial charge on any atom is 0.234 e. The van der Waals surface area contributed by atoms with Gasteiger partial charge in [0.2, 0.25) is 4.96 Å². The van der Waals surface area contributed by atoms with E-state index < -0.39 is 0 Å². The zero-order valence-electron chi connectivity index (χ0n) is 9.38. The molecule has 0 radical (unpaired) electrons. The second kappa shape index (κ2) is 4.86. The summed E-state index contributed by atoms with van der Waals surface area (Å²) in [5, 5.41) is 13.6. The summed E-state index contributed by atoms with van der Waals surface area (Å²) in [7, 11) is 1.63. The molecule has 1 atom stereocenters. The third kappa shape index (κ3) is 1.93. The van der Waals surface area contributed by atoms with Gasteiger partial charge < -0.3 is 10.5 Å². The summed E-state index contributed by atoms with van der Waals surface area (Å²) in [6, 6.07) is 0. The number of methoxy groups -OCH3 is 1. The number of rotatable bonds is 5. The molecule has 2 N–H and O–H groups in total. The highest BCUT2D eigenvalue weighted by Crippen LogP contribution is 2.23. The first-order valence-corrected chi connectivity index (χ1v) is 6.01. The van der Waals surface area contributed by atoms with Gasteiger partial charge in [0, 0.05) is 19.6 Å². The molecule has 2 rings (SSSR count). The van der Waals surface area contributed by atoms with E-state index in [0.29, 0.717) is 19.1 Å². The van der Waals surface area contributed by atoms with Crippen LogP contribution in [0, 0.1) is 0 Å². The first kappa shape index (κ1) is 11.4. The molecular formula is C9H15N5OS. The summed E-state index contributed by atoms with van der Waals surface area (Å²) in [5.41, 5.74) is 5.70. The molecule has 2 aromatic heterocycles. The SMILES string of the molecule is CCC(CN)c1nn2c(COC)nnc2s1. The van der Waals surface area contributed by atoms with E-state index in [2.05, 4.69) is 22.2 Å². The largest absolute Gasteiger partial charge is 0.377 e. The van der Waals surface area contributed by atoms with Gasteiger partial charge in [0.25, 0.3) is 0 Å². The van der Waals surface area contributed by atoms with Crippen molar-refractivity contribution in [3.05, 3.63) is 10.8 Å². The number of hydrogen-bond donors (Lipinski definition) is 1. The summed E-state index contributed by atoms with van der Waals surface area (Å²) in [5.74, 6) is 1.04. The average Bonchev–Trinajstić information content (AvgIpc) is 2.83. The number of nitrogens with zero attached hydrogens (tertiary/aromatic N) is 4. The molecule has 88 valence electrons. The second-order valence-electron chi connectivity index (χ2n) is 3.52.